The molecular weight excluding hydrogens is 206 g/mol. The molecule has 2 amide bonds. The Morgan fingerprint density at radius 3 is 2.38 bits per heavy atom. The molecule has 2 rings (SSSR count). The molecule has 4 heteroatoms. The summed E-state index contributed by atoms with van der Waals surface area (Å²) < 4.78 is 5.58. The van der Waals surface area contributed by atoms with Gasteiger partial charge < -0.3 is 4.74 Å². The maximum atomic E-state index is 11.5. The van der Waals surface area contributed by atoms with Gasteiger partial charge in [0, 0.05) is 24.2 Å². The molecule has 0 spiro atoms. The molecule has 2 aliphatic rings. The van der Waals surface area contributed by atoms with E-state index in [4.69, 9.17) is 4.74 Å². The van der Waals surface area contributed by atoms with Crippen molar-refractivity contribution in [3.63, 3.8) is 0 Å². The summed E-state index contributed by atoms with van der Waals surface area (Å²) in [5.41, 5.74) is -0.145. The van der Waals surface area contributed by atoms with Crippen molar-refractivity contribution in [3.05, 3.63) is 12.2 Å². The van der Waals surface area contributed by atoms with Crippen LogP contribution < -0.4 is 0 Å². The first-order valence-electron chi connectivity index (χ1n) is 5.65. The second-order valence-corrected chi connectivity index (χ2v) is 4.90. The van der Waals surface area contributed by atoms with Gasteiger partial charge in [-0.15, -0.1) is 0 Å². The monoisotopic (exact) mass is 223 g/mol. The van der Waals surface area contributed by atoms with Crippen LogP contribution >= 0.6 is 0 Å². The van der Waals surface area contributed by atoms with Gasteiger partial charge in [0.1, 0.15) is 0 Å². The fourth-order valence-electron chi connectivity index (χ4n) is 2.51. The smallest absolute Gasteiger partial charge is 0.253 e. The minimum absolute atomic E-state index is 0.0287. The lowest BCUT2D eigenvalue weighted by Gasteiger charge is -2.54. The van der Waals surface area contributed by atoms with Crippen molar-refractivity contribution < 1.29 is 14.3 Å². The van der Waals surface area contributed by atoms with E-state index in [1.807, 2.05) is 20.8 Å². The van der Waals surface area contributed by atoms with Gasteiger partial charge in [-0.1, -0.05) is 13.8 Å². The van der Waals surface area contributed by atoms with Gasteiger partial charge in [0.25, 0.3) is 11.8 Å². The van der Waals surface area contributed by atoms with Crippen LogP contribution in [0.2, 0.25) is 0 Å². The minimum atomic E-state index is -0.196. The van der Waals surface area contributed by atoms with Gasteiger partial charge in [0.2, 0.25) is 0 Å². The van der Waals surface area contributed by atoms with Crippen LogP contribution in [0.15, 0.2) is 12.2 Å². The third-order valence-electron chi connectivity index (χ3n) is 3.65. The van der Waals surface area contributed by atoms with Crippen molar-refractivity contribution in [1.82, 2.24) is 4.90 Å². The molecular formula is C12H17NO3. The Morgan fingerprint density at radius 1 is 1.38 bits per heavy atom. The van der Waals surface area contributed by atoms with E-state index in [-0.39, 0.29) is 29.4 Å². The van der Waals surface area contributed by atoms with E-state index in [2.05, 4.69) is 0 Å². The van der Waals surface area contributed by atoms with Crippen LogP contribution in [0.4, 0.5) is 0 Å². The van der Waals surface area contributed by atoms with Crippen LogP contribution in [0.25, 0.3) is 0 Å². The lowest BCUT2D eigenvalue weighted by Crippen LogP contribution is -2.63. The summed E-state index contributed by atoms with van der Waals surface area (Å²) in [6.45, 7) is 6.71. The summed E-state index contributed by atoms with van der Waals surface area (Å²) in [5.74, 6) is -0.393. The lowest BCUT2D eigenvalue weighted by molar-refractivity contribution is -0.169. The summed E-state index contributed by atoms with van der Waals surface area (Å²) in [6, 6.07) is -0.0287. The molecule has 16 heavy (non-hydrogen) atoms. The van der Waals surface area contributed by atoms with Gasteiger partial charge in [0.15, 0.2) is 0 Å². The predicted octanol–water partition coefficient (Wildman–Crippen LogP) is 1.12. The van der Waals surface area contributed by atoms with E-state index in [1.165, 1.54) is 17.1 Å². The topological polar surface area (TPSA) is 46.6 Å². The number of rotatable bonds is 3. The van der Waals surface area contributed by atoms with E-state index in [9.17, 15) is 9.59 Å². The molecule has 88 valence electrons. The van der Waals surface area contributed by atoms with Gasteiger partial charge in [-0.25, -0.2) is 0 Å². The third kappa shape index (κ3) is 1.48. The minimum Gasteiger partial charge on any atom is -0.378 e. The van der Waals surface area contributed by atoms with Crippen molar-refractivity contribution in [1.29, 1.82) is 0 Å². The highest BCUT2D eigenvalue weighted by molar-refractivity contribution is 6.13. The Balaban J connectivity index is 2.09. The molecule has 1 aliphatic heterocycles. The summed E-state index contributed by atoms with van der Waals surface area (Å²) in [4.78, 5) is 24.5. The standard InChI is InChI=1S/C12H17NO3/c1-4-16-9-7-8(12(9,2)3)13-10(14)5-6-11(13)15/h5-6,8-9H,4,7H2,1-3H3. The van der Waals surface area contributed by atoms with E-state index in [0.717, 1.165) is 6.42 Å². The Labute approximate surface area is 95.2 Å². The first-order chi connectivity index (χ1) is 7.48. The molecule has 1 heterocycles. The fraction of sp³-hybridized carbons (Fsp3) is 0.667. The number of hydrogen-bond donors (Lipinski definition) is 0. The number of nitrogens with zero attached hydrogens (tertiary/aromatic N) is 1. The zero-order valence-corrected chi connectivity index (χ0v) is 9.90. The fourth-order valence-corrected chi connectivity index (χ4v) is 2.51. The molecule has 0 aromatic heterocycles. The van der Waals surface area contributed by atoms with Crippen LogP contribution in [0.3, 0.4) is 0 Å². The van der Waals surface area contributed by atoms with Crippen molar-refractivity contribution in [3.8, 4) is 0 Å². The third-order valence-corrected chi connectivity index (χ3v) is 3.65. The Hall–Kier alpha value is -1.16. The molecule has 0 saturated heterocycles. The molecule has 1 saturated carbocycles. The lowest BCUT2D eigenvalue weighted by atomic mass is 9.63. The SMILES string of the molecule is CCOC1CC(N2C(=O)C=CC2=O)C1(C)C. The van der Waals surface area contributed by atoms with Crippen LogP contribution in [0.1, 0.15) is 27.2 Å². The zero-order chi connectivity index (χ0) is 11.9. The quantitative estimate of drug-likeness (QED) is 0.673. The highest BCUT2D eigenvalue weighted by Gasteiger charge is 2.54. The predicted molar refractivity (Wildman–Crippen MR) is 58.6 cm³/mol. The Bertz CT molecular complexity index is 341. The zero-order valence-electron chi connectivity index (χ0n) is 9.90. The van der Waals surface area contributed by atoms with Crippen LogP contribution in [0, 0.1) is 5.41 Å². The number of ether oxygens (including phenoxy) is 1. The second kappa shape index (κ2) is 3.70. The molecule has 1 aliphatic carbocycles. The Kier molecular flexibility index (Phi) is 2.62. The first kappa shape index (κ1) is 11.3. The normalized spacial score (nSPS) is 32.1. The van der Waals surface area contributed by atoms with Crippen LogP contribution in [-0.4, -0.2) is 35.5 Å². The second-order valence-electron chi connectivity index (χ2n) is 4.90. The maximum Gasteiger partial charge on any atom is 0.253 e. The van der Waals surface area contributed by atoms with Crippen molar-refractivity contribution in [2.45, 2.75) is 39.3 Å². The molecule has 2 atom stereocenters. The van der Waals surface area contributed by atoms with Gasteiger partial charge in [-0.05, 0) is 13.3 Å². The van der Waals surface area contributed by atoms with Gasteiger partial charge in [0.05, 0.1) is 12.1 Å². The number of amides is 2. The van der Waals surface area contributed by atoms with E-state index in [0.29, 0.717) is 6.61 Å². The molecule has 4 nitrogen and oxygen atoms in total. The average molecular weight is 223 g/mol. The highest BCUT2D eigenvalue weighted by Crippen LogP contribution is 2.46. The largest absolute Gasteiger partial charge is 0.378 e. The van der Waals surface area contributed by atoms with Gasteiger partial charge in [-0.3, -0.25) is 14.5 Å². The maximum absolute atomic E-state index is 11.5. The van der Waals surface area contributed by atoms with E-state index < -0.39 is 0 Å². The number of carbonyl (C=O) groups is 2. The van der Waals surface area contributed by atoms with E-state index >= 15 is 0 Å². The number of carbonyl (C=O) groups excluding carboxylic acids is 2. The van der Waals surface area contributed by atoms with Crippen LogP contribution in [-0.2, 0) is 14.3 Å². The number of hydrogen-bond acceptors (Lipinski definition) is 3. The van der Waals surface area contributed by atoms with Crippen molar-refractivity contribution in [2.24, 2.45) is 5.41 Å². The van der Waals surface area contributed by atoms with Gasteiger partial charge in [-0.2, -0.15) is 0 Å². The molecule has 0 aromatic carbocycles. The molecule has 1 fully saturated rings. The summed E-state index contributed by atoms with van der Waals surface area (Å²) in [7, 11) is 0. The average Bonchev–Trinajstić information content (AvgIpc) is 2.54. The number of imide groups is 1. The Morgan fingerprint density at radius 2 is 1.94 bits per heavy atom. The van der Waals surface area contributed by atoms with Gasteiger partial charge >= 0.3 is 0 Å². The summed E-state index contributed by atoms with van der Waals surface area (Å²) >= 11 is 0. The molecule has 0 radical (unpaired) electrons. The molecule has 2 unspecified atom stereocenters. The molecule has 0 aromatic rings. The van der Waals surface area contributed by atoms with E-state index in [1.54, 1.807) is 0 Å². The summed E-state index contributed by atoms with van der Waals surface area (Å²) in [6.07, 6.45) is 3.57. The molecule has 0 N–H and O–H groups in total. The van der Waals surface area contributed by atoms with Crippen molar-refractivity contribution >= 4 is 11.8 Å². The first-order valence-corrected chi connectivity index (χ1v) is 5.65. The van der Waals surface area contributed by atoms with Crippen molar-refractivity contribution in [2.75, 3.05) is 6.61 Å². The van der Waals surface area contributed by atoms with Crippen LogP contribution in [0.5, 0.6) is 0 Å². The highest BCUT2D eigenvalue weighted by atomic mass is 16.5. The molecule has 0 bridgehead atoms. The summed E-state index contributed by atoms with van der Waals surface area (Å²) in [5, 5.41) is 0.